The highest BCUT2D eigenvalue weighted by molar-refractivity contribution is 6.39. The van der Waals surface area contributed by atoms with E-state index in [1.807, 2.05) is 0 Å². The SMILES string of the molecule is CC(CN1CCCCC1)Nc1c(Cl)cc(N)cc1Cl. The van der Waals surface area contributed by atoms with Crippen LogP contribution >= 0.6 is 23.2 Å². The Morgan fingerprint density at radius 1 is 1.21 bits per heavy atom. The molecule has 19 heavy (non-hydrogen) atoms. The third-order valence-corrected chi connectivity index (χ3v) is 4.03. The number of nitrogens with two attached hydrogens (primary N) is 1. The molecule has 1 aromatic rings. The summed E-state index contributed by atoms with van der Waals surface area (Å²) in [7, 11) is 0. The van der Waals surface area contributed by atoms with Gasteiger partial charge in [-0.2, -0.15) is 0 Å². The third kappa shape index (κ3) is 4.16. The first-order valence-electron chi connectivity index (χ1n) is 6.79. The van der Waals surface area contributed by atoms with Crippen molar-refractivity contribution in [3.63, 3.8) is 0 Å². The standard InChI is InChI=1S/C14H21Cl2N3/c1-10(9-19-5-3-2-4-6-19)18-14-12(15)7-11(17)8-13(14)16/h7-8,10,18H,2-6,9,17H2,1H3. The van der Waals surface area contributed by atoms with Gasteiger partial charge in [-0.15, -0.1) is 0 Å². The van der Waals surface area contributed by atoms with Gasteiger partial charge in [0.1, 0.15) is 0 Å². The summed E-state index contributed by atoms with van der Waals surface area (Å²) in [4.78, 5) is 2.49. The van der Waals surface area contributed by atoms with Crippen molar-refractivity contribution < 1.29 is 0 Å². The number of rotatable bonds is 4. The highest BCUT2D eigenvalue weighted by Crippen LogP contribution is 2.33. The first kappa shape index (κ1) is 14.8. The number of nitrogens with one attached hydrogen (secondary N) is 1. The van der Waals surface area contributed by atoms with E-state index in [1.54, 1.807) is 12.1 Å². The summed E-state index contributed by atoms with van der Waals surface area (Å²) in [5.41, 5.74) is 7.07. The molecule has 0 saturated carbocycles. The molecule has 0 amide bonds. The molecule has 5 heteroatoms. The van der Waals surface area contributed by atoms with Crippen molar-refractivity contribution in [2.24, 2.45) is 0 Å². The van der Waals surface area contributed by atoms with Crippen molar-refractivity contribution in [3.05, 3.63) is 22.2 Å². The lowest BCUT2D eigenvalue weighted by molar-refractivity contribution is 0.223. The number of nitrogen functional groups attached to an aromatic ring is 1. The van der Waals surface area contributed by atoms with Gasteiger partial charge >= 0.3 is 0 Å². The molecule has 3 N–H and O–H groups in total. The Hall–Kier alpha value is -0.640. The van der Waals surface area contributed by atoms with E-state index in [0.717, 1.165) is 12.2 Å². The molecule has 106 valence electrons. The van der Waals surface area contributed by atoms with Gasteiger partial charge in [-0.25, -0.2) is 0 Å². The van der Waals surface area contributed by atoms with Crippen LogP contribution in [-0.4, -0.2) is 30.6 Å². The maximum absolute atomic E-state index is 6.18. The van der Waals surface area contributed by atoms with Gasteiger partial charge in [0.25, 0.3) is 0 Å². The van der Waals surface area contributed by atoms with Crippen LogP contribution in [0.5, 0.6) is 0 Å². The van der Waals surface area contributed by atoms with Crippen LogP contribution in [0.4, 0.5) is 11.4 Å². The number of benzene rings is 1. The van der Waals surface area contributed by atoms with Gasteiger partial charge in [0.2, 0.25) is 0 Å². The quantitative estimate of drug-likeness (QED) is 0.830. The lowest BCUT2D eigenvalue weighted by atomic mass is 10.1. The summed E-state index contributed by atoms with van der Waals surface area (Å²) in [5, 5.41) is 4.55. The Balaban J connectivity index is 1.96. The van der Waals surface area contributed by atoms with Crippen LogP contribution in [0.2, 0.25) is 10.0 Å². The van der Waals surface area contributed by atoms with E-state index >= 15 is 0 Å². The third-order valence-electron chi connectivity index (χ3n) is 3.44. The normalized spacial score (nSPS) is 18.3. The summed E-state index contributed by atoms with van der Waals surface area (Å²) >= 11 is 12.4. The second-order valence-corrected chi connectivity index (χ2v) is 6.08. The summed E-state index contributed by atoms with van der Waals surface area (Å²) in [6.45, 7) is 5.54. The molecular formula is C14H21Cl2N3. The second-order valence-electron chi connectivity index (χ2n) is 5.27. The van der Waals surface area contributed by atoms with Gasteiger partial charge in [0, 0.05) is 18.3 Å². The van der Waals surface area contributed by atoms with Crippen molar-refractivity contribution in [2.75, 3.05) is 30.7 Å². The van der Waals surface area contributed by atoms with Crippen molar-refractivity contribution in [2.45, 2.75) is 32.2 Å². The number of hydrogen-bond acceptors (Lipinski definition) is 3. The van der Waals surface area contributed by atoms with Crippen LogP contribution in [0.3, 0.4) is 0 Å². The molecule has 1 aromatic carbocycles. The Morgan fingerprint density at radius 2 is 1.79 bits per heavy atom. The summed E-state index contributed by atoms with van der Waals surface area (Å²) in [6.07, 6.45) is 3.96. The van der Waals surface area contributed by atoms with E-state index in [-0.39, 0.29) is 0 Å². The van der Waals surface area contributed by atoms with Gasteiger partial charge in [-0.3, -0.25) is 0 Å². The predicted octanol–water partition coefficient (Wildman–Crippen LogP) is 3.86. The van der Waals surface area contributed by atoms with Gasteiger partial charge in [-0.05, 0) is 45.0 Å². The van der Waals surface area contributed by atoms with Gasteiger partial charge in [0.05, 0.1) is 15.7 Å². The number of halogens is 2. The predicted molar refractivity (Wildman–Crippen MR) is 84.3 cm³/mol. The fourth-order valence-electron chi connectivity index (χ4n) is 2.55. The Labute approximate surface area is 125 Å². The average molecular weight is 302 g/mol. The van der Waals surface area contributed by atoms with Crippen molar-refractivity contribution in [1.29, 1.82) is 0 Å². The van der Waals surface area contributed by atoms with Crippen molar-refractivity contribution in [1.82, 2.24) is 4.90 Å². The molecule has 1 fully saturated rings. The van der Waals surface area contributed by atoms with E-state index in [0.29, 0.717) is 21.8 Å². The summed E-state index contributed by atoms with van der Waals surface area (Å²) in [5.74, 6) is 0. The average Bonchev–Trinajstić information content (AvgIpc) is 2.35. The Bertz CT molecular complexity index is 408. The van der Waals surface area contributed by atoms with Crippen LogP contribution in [0.25, 0.3) is 0 Å². The zero-order valence-corrected chi connectivity index (χ0v) is 12.8. The monoisotopic (exact) mass is 301 g/mol. The van der Waals surface area contributed by atoms with E-state index < -0.39 is 0 Å². The summed E-state index contributed by atoms with van der Waals surface area (Å²) < 4.78 is 0. The second kappa shape index (κ2) is 6.69. The van der Waals surface area contributed by atoms with Crippen LogP contribution < -0.4 is 11.1 Å². The van der Waals surface area contributed by atoms with Crippen LogP contribution in [-0.2, 0) is 0 Å². The first-order chi connectivity index (χ1) is 9.06. The minimum atomic E-state index is 0.303. The zero-order chi connectivity index (χ0) is 13.8. The topological polar surface area (TPSA) is 41.3 Å². The highest BCUT2D eigenvalue weighted by Gasteiger charge is 2.15. The van der Waals surface area contributed by atoms with Crippen molar-refractivity contribution >= 4 is 34.6 Å². The van der Waals surface area contributed by atoms with E-state index in [9.17, 15) is 0 Å². The van der Waals surface area contributed by atoms with Gasteiger partial charge in [-0.1, -0.05) is 29.6 Å². The lowest BCUT2D eigenvalue weighted by Gasteiger charge is -2.30. The number of anilines is 2. The fraction of sp³-hybridized carbons (Fsp3) is 0.571. The van der Waals surface area contributed by atoms with E-state index in [4.69, 9.17) is 28.9 Å². The molecule has 0 spiro atoms. The maximum Gasteiger partial charge on any atom is 0.0723 e. The molecule has 0 bridgehead atoms. The molecule has 2 rings (SSSR count). The fourth-order valence-corrected chi connectivity index (χ4v) is 3.16. The molecule has 0 aliphatic carbocycles. The molecule has 1 unspecified atom stereocenters. The molecule has 1 aliphatic rings. The van der Waals surface area contributed by atoms with E-state index in [1.165, 1.54) is 32.4 Å². The molecule has 1 saturated heterocycles. The minimum Gasteiger partial charge on any atom is -0.399 e. The molecule has 1 aliphatic heterocycles. The van der Waals surface area contributed by atoms with Crippen LogP contribution in [0.1, 0.15) is 26.2 Å². The molecule has 0 radical (unpaired) electrons. The van der Waals surface area contributed by atoms with Gasteiger partial charge < -0.3 is 16.0 Å². The molecule has 0 aromatic heterocycles. The molecule has 1 heterocycles. The number of piperidine rings is 1. The van der Waals surface area contributed by atoms with Crippen molar-refractivity contribution in [3.8, 4) is 0 Å². The number of likely N-dealkylation sites (tertiary alicyclic amines) is 1. The molecular weight excluding hydrogens is 281 g/mol. The lowest BCUT2D eigenvalue weighted by Crippen LogP contribution is -2.38. The zero-order valence-electron chi connectivity index (χ0n) is 11.3. The van der Waals surface area contributed by atoms with Gasteiger partial charge in [0.15, 0.2) is 0 Å². The largest absolute Gasteiger partial charge is 0.399 e. The molecule has 1 atom stereocenters. The maximum atomic E-state index is 6.18. The smallest absolute Gasteiger partial charge is 0.0723 e. The number of nitrogens with zero attached hydrogens (tertiary/aromatic N) is 1. The van der Waals surface area contributed by atoms with Crippen LogP contribution in [0, 0.1) is 0 Å². The first-order valence-corrected chi connectivity index (χ1v) is 7.55. The summed E-state index contributed by atoms with van der Waals surface area (Å²) in [6, 6.07) is 3.75. The number of hydrogen-bond donors (Lipinski definition) is 2. The Kier molecular flexibility index (Phi) is 5.20. The minimum absolute atomic E-state index is 0.303. The van der Waals surface area contributed by atoms with E-state index in [2.05, 4.69) is 17.1 Å². The molecule has 3 nitrogen and oxygen atoms in total. The van der Waals surface area contributed by atoms with Crippen LogP contribution in [0.15, 0.2) is 12.1 Å². The highest BCUT2D eigenvalue weighted by atomic mass is 35.5. The Morgan fingerprint density at radius 3 is 2.37 bits per heavy atom.